The molecule has 2 aromatic heterocycles. The highest BCUT2D eigenvalue weighted by atomic mass is 32.1. The second-order valence-corrected chi connectivity index (χ2v) is 8.42. The number of benzene rings is 2. The highest BCUT2D eigenvalue weighted by Crippen LogP contribution is 2.33. The second-order valence-electron chi connectivity index (χ2n) is 7.59. The molecule has 2 aromatic carbocycles. The monoisotopic (exact) mass is 417 g/mol. The van der Waals surface area contributed by atoms with Crippen molar-refractivity contribution in [1.82, 2.24) is 9.38 Å². The van der Waals surface area contributed by atoms with Gasteiger partial charge >= 0.3 is 0 Å². The largest absolute Gasteiger partial charge is 0.494 e. The van der Waals surface area contributed by atoms with Crippen LogP contribution in [0.5, 0.6) is 5.75 Å². The third-order valence-corrected chi connectivity index (χ3v) is 6.44. The molecule has 0 radical (unpaired) electrons. The number of imidazole rings is 1. The quantitative estimate of drug-likeness (QED) is 0.460. The average molecular weight is 418 g/mol. The molecule has 1 atom stereocenters. The Morgan fingerprint density at radius 1 is 1.20 bits per heavy atom. The second kappa shape index (κ2) is 7.61. The number of hydrogen-bond donors (Lipinski definition) is 0. The maximum Gasteiger partial charge on any atom is 0.233 e. The number of fused-ring (bicyclic) bond motifs is 2. The van der Waals surface area contributed by atoms with Crippen LogP contribution < -0.4 is 9.64 Å². The minimum Gasteiger partial charge on any atom is -0.494 e. The van der Waals surface area contributed by atoms with Gasteiger partial charge in [0, 0.05) is 34.6 Å². The standard InChI is InChI=1S/C24H23N3O2S/c1-3-29-20-10-8-17(9-11-20)21-14-26-19(15-30-24(26)25-21)13-23(28)27-16(2)12-18-6-4-5-7-22(18)27/h4-11,14-16H,3,12-13H2,1-2H3/t16-/m1/s1. The number of ether oxygens (including phenoxy) is 1. The number of nitrogens with zero attached hydrogens (tertiary/aromatic N) is 3. The molecular weight excluding hydrogens is 394 g/mol. The van der Waals surface area contributed by atoms with E-state index in [2.05, 4.69) is 13.0 Å². The molecule has 5 rings (SSSR count). The lowest BCUT2D eigenvalue weighted by atomic mass is 10.1. The van der Waals surface area contributed by atoms with Crippen molar-refractivity contribution >= 4 is 27.9 Å². The number of rotatable bonds is 5. The van der Waals surface area contributed by atoms with Gasteiger partial charge in [-0.2, -0.15) is 0 Å². The van der Waals surface area contributed by atoms with Crippen LogP contribution in [0.3, 0.4) is 0 Å². The first-order chi connectivity index (χ1) is 14.6. The van der Waals surface area contributed by atoms with Gasteiger partial charge in [0.15, 0.2) is 4.96 Å². The number of carbonyl (C=O) groups is 1. The molecule has 0 N–H and O–H groups in total. The summed E-state index contributed by atoms with van der Waals surface area (Å²) in [6.07, 6.45) is 3.29. The Morgan fingerprint density at radius 2 is 2.00 bits per heavy atom. The number of para-hydroxylation sites is 1. The first kappa shape index (κ1) is 18.9. The van der Waals surface area contributed by atoms with Crippen LogP contribution in [-0.2, 0) is 17.6 Å². The van der Waals surface area contributed by atoms with Crippen LogP contribution >= 0.6 is 11.3 Å². The predicted molar refractivity (Wildman–Crippen MR) is 120 cm³/mol. The predicted octanol–water partition coefficient (Wildman–Crippen LogP) is 4.98. The van der Waals surface area contributed by atoms with Crippen molar-refractivity contribution in [3.63, 3.8) is 0 Å². The van der Waals surface area contributed by atoms with E-state index in [0.717, 1.165) is 39.8 Å². The van der Waals surface area contributed by atoms with Crippen molar-refractivity contribution in [2.45, 2.75) is 32.7 Å². The number of hydrogen-bond acceptors (Lipinski definition) is 4. The van der Waals surface area contributed by atoms with Gasteiger partial charge in [-0.3, -0.25) is 9.20 Å². The van der Waals surface area contributed by atoms with Crippen molar-refractivity contribution in [2.75, 3.05) is 11.5 Å². The summed E-state index contributed by atoms with van der Waals surface area (Å²) in [6.45, 7) is 4.74. The summed E-state index contributed by atoms with van der Waals surface area (Å²) in [4.78, 5) is 20.8. The Morgan fingerprint density at radius 3 is 2.80 bits per heavy atom. The van der Waals surface area contributed by atoms with Crippen molar-refractivity contribution in [3.8, 4) is 17.0 Å². The molecule has 1 amide bonds. The summed E-state index contributed by atoms with van der Waals surface area (Å²) in [6, 6.07) is 16.3. The summed E-state index contributed by atoms with van der Waals surface area (Å²) in [5.74, 6) is 0.983. The van der Waals surface area contributed by atoms with Gasteiger partial charge < -0.3 is 9.64 Å². The Bertz CT molecular complexity index is 1210. The number of aromatic nitrogens is 2. The molecule has 1 aliphatic rings. The third-order valence-electron chi connectivity index (χ3n) is 5.55. The van der Waals surface area contributed by atoms with Crippen molar-refractivity contribution in [2.24, 2.45) is 0 Å². The van der Waals surface area contributed by atoms with Gasteiger partial charge in [-0.1, -0.05) is 18.2 Å². The molecular formula is C24H23N3O2S. The van der Waals surface area contributed by atoms with Crippen LogP contribution in [0, 0.1) is 0 Å². The molecule has 3 heterocycles. The molecule has 6 heteroatoms. The van der Waals surface area contributed by atoms with E-state index in [1.165, 1.54) is 5.56 Å². The first-order valence-electron chi connectivity index (χ1n) is 10.2. The Hall–Kier alpha value is -3.12. The number of amides is 1. The number of carbonyl (C=O) groups excluding carboxylic acids is 1. The molecule has 0 aliphatic carbocycles. The molecule has 0 fully saturated rings. The molecule has 0 unspecified atom stereocenters. The Kier molecular flexibility index (Phi) is 4.79. The topological polar surface area (TPSA) is 46.8 Å². The lowest BCUT2D eigenvalue weighted by Gasteiger charge is -2.22. The summed E-state index contributed by atoms with van der Waals surface area (Å²) in [5.41, 5.74) is 5.20. The zero-order valence-corrected chi connectivity index (χ0v) is 17.9. The summed E-state index contributed by atoms with van der Waals surface area (Å²) >= 11 is 1.57. The number of anilines is 1. The molecule has 0 bridgehead atoms. The minimum atomic E-state index is 0.128. The highest BCUT2D eigenvalue weighted by molar-refractivity contribution is 7.15. The van der Waals surface area contributed by atoms with E-state index in [1.807, 2.05) is 70.3 Å². The van der Waals surface area contributed by atoms with E-state index < -0.39 is 0 Å². The minimum absolute atomic E-state index is 0.128. The normalized spacial score (nSPS) is 15.5. The lowest BCUT2D eigenvalue weighted by Crippen LogP contribution is -2.37. The van der Waals surface area contributed by atoms with Gasteiger partial charge in [0.2, 0.25) is 5.91 Å². The molecule has 4 aromatic rings. The smallest absolute Gasteiger partial charge is 0.233 e. The fourth-order valence-corrected chi connectivity index (χ4v) is 5.04. The fraction of sp³-hybridized carbons (Fsp3) is 0.250. The Labute approximate surface area is 179 Å². The first-order valence-corrected chi connectivity index (χ1v) is 11.1. The molecule has 0 saturated carbocycles. The average Bonchev–Trinajstić information content (AvgIpc) is 3.41. The third kappa shape index (κ3) is 3.27. The van der Waals surface area contributed by atoms with Gasteiger partial charge in [0.1, 0.15) is 5.75 Å². The highest BCUT2D eigenvalue weighted by Gasteiger charge is 2.30. The SMILES string of the molecule is CCOc1ccc(-c2cn3c(CC(=O)N4c5ccccc5C[C@H]4C)csc3n2)cc1. The van der Waals surface area contributed by atoms with Crippen LogP contribution in [0.4, 0.5) is 5.69 Å². The van der Waals surface area contributed by atoms with Crippen molar-refractivity contribution < 1.29 is 9.53 Å². The summed E-state index contributed by atoms with van der Waals surface area (Å²) in [5, 5.41) is 2.04. The van der Waals surface area contributed by atoms with E-state index in [9.17, 15) is 4.79 Å². The van der Waals surface area contributed by atoms with Crippen molar-refractivity contribution in [1.29, 1.82) is 0 Å². The van der Waals surface area contributed by atoms with E-state index in [1.54, 1.807) is 11.3 Å². The zero-order chi connectivity index (χ0) is 20.7. The van der Waals surface area contributed by atoms with E-state index >= 15 is 0 Å². The molecule has 30 heavy (non-hydrogen) atoms. The maximum absolute atomic E-state index is 13.2. The fourth-order valence-electron chi connectivity index (χ4n) is 4.17. The molecule has 0 spiro atoms. The zero-order valence-electron chi connectivity index (χ0n) is 17.0. The molecule has 5 nitrogen and oxygen atoms in total. The Balaban J connectivity index is 1.40. The van der Waals surface area contributed by atoms with E-state index in [4.69, 9.17) is 9.72 Å². The molecule has 0 saturated heterocycles. The van der Waals surface area contributed by atoms with Crippen LogP contribution in [0.1, 0.15) is 25.1 Å². The summed E-state index contributed by atoms with van der Waals surface area (Å²) < 4.78 is 7.56. The summed E-state index contributed by atoms with van der Waals surface area (Å²) in [7, 11) is 0. The van der Waals surface area contributed by atoms with E-state index in [-0.39, 0.29) is 11.9 Å². The van der Waals surface area contributed by atoms with Crippen molar-refractivity contribution in [3.05, 3.63) is 71.4 Å². The molecule has 1 aliphatic heterocycles. The lowest BCUT2D eigenvalue weighted by molar-refractivity contribution is -0.118. The van der Waals surface area contributed by atoms with Crippen LogP contribution in [0.25, 0.3) is 16.2 Å². The van der Waals surface area contributed by atoms with Crippen LogP contribution in [0.2, 0.25) is 0 Å². The molecule has 152 valence electrons. The van der Waals surface area contributed by atoms with Crippen LogP contribution in [0.15, 0.2) is 60.1 Å². The van der Waals surface area contributed by atoms with Crippen LogP contribution in [-0.4, -0.2) is 27.9 Å². The van der Waals surface area contributed by atoms with Gasteiger partial charge in [-0.25, -0.2) is 4.98 Å². The number of thiazole rings is 1. The van der Waals surface area contributed by atoms with Gasteiger partial charge in [-0.15, -0.1) is 11.3 Å². The van der Waals surface area contributed by atoms with Gasteiger partial charge in [0.05, 0.1) is 18.7 Å². The van der Waals surface area contributed by atoms with Gasteiger partial charge in [-0.05, 0) is 56.2 Å². The maximum atomic E-state index is 13.2. The van der Waals surface area contributed by atoms with E-state index in [0.29, 0.717) is 13.0 Å². The van der Waals surface area contributed by atoms with Gasteiger partial charge in [0.25, 0.3) is 0 Å².